The third-order valence-electron chi connectivity index (χ3n) is 3.57. The molecule has 7 nitrogen and oxygen atoms in total. The fourth-order valence-electron chi connectivity index (χ4n) is 2.36. The van der Waals surface area contributed by atoms with E-state index in [0.29, 0.717) is 37.1 Å². The number of morpholine rings is 1. The molecule has 1 saturated heterocycles. The van der Waals surface area contributed by atoms with Gasteiger partial charge in [-0.2, -0.15) is 0 Å². The van der Waals surface area contributed by atoms with Crippen molar-refractivity contribution in [3.8, 4) is 0 Å². The van der Waals surface area contributed by atoms with Crippen LogP contribution in [0.3, 0.4) is 0 Å². The van der Waals surface area contributed by atoms with Crippen LogP contribution in [-0.4, -0.2) is 59.9 Å². The monoisotopic (exact) mass is 350 g/mol. The van der Waals surface area contributed by atoms with E-state index in [0.717, 1.165) is 17.3 Å². The lowest BCUT2D eigenvalue weighted by Crippen LogP contribution is -2.46. The second-order valence-corrected chi connectivity index (χ2v) is 6.23. The summed E-state index contributed by atoms with van der Waals surface area (Å²) in [6.45, 7) is 3.66. The van der Waals surface area contributed by atoms with Gasteiger partial charge in [-0.1, -0.05) is 23.9 Å². The first-order valence-corrected chi connectivity index (χ1v) is 8.66. The van der Waals surface area contributed by atoms with Gasteiger partial charge in [0.05, 0.1) is 13.2 Å². The second-order valence-electron chi connectivity index (χ2n) is 5.31. The summed E-state index contributed by atoms with van der Waals surface area (Å²) in [4.78, 5) is 30.0. The number of aromatic nitrogens is 1. The number of ether oxygens (including phenoxy) is 2. The number of carbonyl (C=O) groups excluding carboxylic acids is 2. The Balaban J connectivity index is 1.48. The molecule has 1 fully saturated rings. The Labute approximate surface area is 143 Å². The topological polar surface area (TPSA) is 81.9 Å². The fourth-order valence-corrected chi connectivity index (χ4v) is 2.98. The summed E-state index contributed by atoms with van der Waals surface area (Å²) in [6.07, 6.45) is -0.806. The highest BCUT2D eigenvalue weighted by Crippen LogP contribution is 2.23. The summed E-state index contributed by atoms with van der Waals surface area (Å²) in [7, 11) is 0. The first-order valence-electron chi connectivity index (χ1n) is 7.68. The van der Waals surface area contributed by atoms with E-state index in [2.05, 4.69) is 4.98 Å². The number of hydrogen-bond donors (Lipinski definition) is 0. The number of rotatable bonds is 5. The normalized spacial score (nSPS) is 16.1. The molecule has 1 atom stereocenters. The van der Waals surface area contributed by atoms with Crippen LogP contribution in [-0.2, 0) is 19.1 Å². The molecule has 1 aliphatic heterocycles. The minimum Gasteiger partial charge on any atom is -0.452 e. The zero-order valence-electron chi connectivity index (χ0n) is 13.3. The molecule has 0 saturated carbocycles. The second kappa shape index (κ2) is 7.67. The highest BCUT2D eigenvalue weighted by Gasteiger charge is 2.25. The molecule has 0 aliphatic carbocycles. The Bertz CT molecular complexity index is 693. The van der Waals surface area contributed by atoms with Crippen molar-refractivity contribution in [3.63, 3.8) is 0 Å². The van der Waals surface area contributed by atoms with E-state index < -0.39 is 12.1 Å². The van der Waals surface area contributed by atoms with E-state index in [1.165, 1.54) is 0 Å². The molecule has 0 N–H and O–H groups in total. The smallest absolute Gasteiger partial charge is 0.317 e. The molecule has 1 amide bonds. The molecule has 24 heavy (non-hydrogen) atoms. The van der Waals surface area contributed by atoms with Gasteiger partial charge in [-0.3, -0.25) is 9.59 Å². The maximum absolute atomic E-state index is 12.2. The van der Waals surface area contributed by atoms with Crippen molar-refractivity contribution in [3.05, 3.63) is 24.3 Å². The summed E-state index contributed by atoms with van der Waals surface area (Å²) < 4.78 is 15.9. The number of thioether (sulfide) groups is 1. The molecular weight excluding hydrogens is 332 g/mol. The van der Waals surface area contributed by atoms with Crippen molar-refractivity contribution in [1.29, 1.82) is 0 Å². The zero-order valence-corrected chi connectivity index (χ0v) is 14.1. The van der Waals surface area contributed by atoms with Gasteiger partial charge in [0, 0.05) is 13.1 Å². The lowest BCUT2D eigenvalue weighted by molar-refractivity contribution is -0.158. The van der Waals surface area contributed by atoms with Crippen molar-refractivity contribution >= 4 is 34.7 Å². The van der Waals surface area contributed by atoms with Gasteiger partial charge in [-0.15, -0.1) is 0 Å². The van der Waals surface area contributed by atoms with Gasteiger partial charge >= 0.3 is 5.97 Å². The van der Waals surface area contributed by atoms with Gasteiger partial charge in [-0.25, -0.2) is 4.98 Å². The summed E-state index contributed by atoms with van der Waals surface area (Å²) in [5.74, 6) is -0.636. The zero-order chi connectivity index (χ0) is 16.9. The van der Waals surface area contributed by atoms with E-state index in [1.807, 2.05) is 24.3 Å². The molecular formula is C16H18N2O5S. The predicted octanol–water partition coefficient (Wildman–Crippen LogP) is 1.71. The molecule has 1 aromatic heterocycles. The lowest BCUT2D eigenvalue weighted by Gasteiger charge is -2.28. The van der Waals surface area contributed by atoms with E-state index in [1.54, 1.807) is 11.8 Å². The Morgan fingerprint density at radius 3 is 2.83 bits per heavy atom. The van der Waals surface area contributed by atoms with Crippen LogP contribution in [0.1, 0.15) is 6.92 Å². The number of esters is 1. The van der Waals surface area contributed by atoms with Gasteiger partial charge < -0.3 is 18.8 Å². The van der Waals surface area contributed by atoms with Gasteiger partial charge in [0.15, 0.2) is 11.7 Å². The fraction of sp³-hybridized carbons (Fsp3) is 0.438. The number of benzene rings is 1. The van der Waals surface area contributed by atoms with Gasteiger partial charge in [0.1, 0.15) is 11.3 Å². The first-order chi connectivity index (χ1) is 11.6. The van der Waals surface area contributed by atoms with Gasteiger partial charge in [-0.05, 0) is 19.1 Å². The average Bonchev–Trinajstić information content (AvgIpc) is 3.03. The Morgan fingerprint density at radius 1 is 1.33 bits per heavy atom. The first kappa shape index (κ1) is 16.8. The molecule has 1 aliphatic rings. The maximum atomic E-state index is 12.2. The van der Waals surface area contributed by atoms with Crippen molar-refractivity contribution < 1.29 is 23.5 Å². The number of fused-ring (bicyclic) bond motifs is 1. The highest BCUT2D eigenvalue weighted by molar-refractivity contribution is 7.99. The van der Waals surface area contributed by atoms with E-state index >= 15 is 0 Å². The van der Waals surface area contributed by atoms with Crippen LogP contribution in [0, 0.1) is 0 Å². The van der Waals surface area contributed by atoms with Crippen LogP contribution < -0.4 is 0 Å². The number of oxazole rings is 1. The van der Waals surface area contributed by atoms with Gasteiger partial charge in [0.2, 0.25) is 0 Å². The van der Waals surface area contributed by atoms with Crippen molar-refractivity contribution in [2.45, 2.75) is 18.3 Å². The summed E-state index contributed by atoms with van der Waals surface area (Å²) in [5.41, 5.74) is 1.41. The third-order valence-corrected chi connectivity index (χ3v) is 4.37. The number of nitrogens with zero attached hydrogens (tertiary/aromatic N) is 2. The van der Waals surface area contributed by atoms with Crippen LogP contribution in [0.25, 0.3) is 11.1 Å². The highest BCUT2D eigenvalue weighted by atomic mass is 32.2. The van der Waals surface area contributed by atoms with Crippen LogP contribution >= 0.6 is 11.8 Å². The van der Waals surface area contributed by atoms with Gasteiger partial charge in [0.25, 0.3) is 11.1 Å². The van der Waals surface area contributed by atoms with Crippen LogP contribution in [0.5, 0.6) is 0 Å². The molecule has 2 aromatic rings. The third kappa shape index (κ3) is 4.07. The van der Waals surface area contributed by atoms with Crippen molar-refractivity contribution in [1.82, 2.24) is 9.88 Å². The standard InChI is InChI=1S/C16H18N2O5S/c1-11(15(20)18-6-8-21-9-7-18)22-14(19)10-24-16-17-12-4-2-3-5-13(12)23-16/h2-5,11H,6-10H2,1H3. The molecule has 128 valence electrons. The average molecular weight is 350 g/mol. The Hall–Kier alpha value is -2.06. The number of amides is 1. The van der Waals surface area contributed by atoms with Crippen molar-refractivity contribution in [2.24, 2.45) is 0 Å². The SMILES string of the molecule is CC(OC(=O)CSc1nc2ccccc2o1)C(=O)N1CCOCC1. The van der Waals surface area contributed by atoms with E-state index in [9.17, 15) is 9.59 Å². The van der Waals surface area contributed by atoms with Crippen LogP contribution in [0.2, 0.25) is 0 Å². The molecule has 0 spiro atoms. The molecule has 0 radical (unpaired) electrons. The number of hydrogen-bond acceptors (Lipinski definition) is 7. The lowest BCUT2D eigenvalue weighted by atomic mass is 10.3. The molecule has 3 rings (SSSR count). The quantitative estimate of drug-likeness (QED) is 0.600. The molecule has 2 heterocycles. The minimum absolute atomic E-state index is 0.0353. The van der Waals surface area contributed by atoms with Crippen LogP contribution in [0.15, 0.2) is 33.9 Å². The molecule has 1 aromatic carbocycles. The summed E-state index contributed by atoms with van der Waals surface area (Å²) in [5, 5.41) is 0.403. The Kier molecular flexibility index (Phi) is 5.37. The number of para-hydroxylation sites is 2. The molecule has 0 bridgehead atoms. The predicted molar refractivity (Wildman–Crippen MR) is 87.7 cm³/mol. The van der Waals surface area contributed by atoms with E-state index in [4.69, 9.17) is 13.9 Å². The van der Waals surface area contributed by atoms with Crippen LogP contribution in [0.4, 0.5) is 0 Å². The maximum Gasteiger partial charge on any atom is 0.317 e. The summed E-state index contributed by atoms with van der Waals surface area (Å²) >= 11 is 1.15. The summed E-state index contributed by atoms with van der Waals surface area (Å²) in [6, 6.07) is 7.37. The molecule has 8 heteroatoms. The largest absolute Gasteiger partial charge is 0.452 e. The Morgan fingerprint density at radius 2 is 2.08 bits per heavy atom. The van der Waals surface area contributed by atoms with E-state index in [-0.39, 0.29) is 11.7 Å². The molecule has 1 unspecified atom stereocenters. The minimum atomic E-state index is -0.806. The number of carbonyl (C=O) groups is 2. The van der Waals surface area contributed by atoms with Crippen molar-refractivity contribution in [2.75, 3.05) is 32.1 Å².